The molecule has 0 bridgehead atoms. The minimum absolute atomic E-state index is 0. The summed E-state index contributed by atoms with van der Waals surface area (Å²) in [6, 6.07) is 0. The van der Waals surface area contributed by atoms with Crippen molar-refractivity contribution >= 4 is 40.0 Å². The Hall–Kier alpha value is 1.21. The Bertz CT molecular complexity index is 98.5. The zero-order chi connectivity index (χ0) is 4.50. The number of hydrogen-bond donors (Lipinski definition) is 2. The molecule has 0 rings (SSSR count). The maximum Gasteiger partial charge on any atom is 0 e. The minimum Gasteiger partial charge on any atom is 0 e. The van der Waals surface area contributed by atoms with Crippen LogP contribution in [0.2, 0.25) is 0 Å². The van der Waals surface area contributed by atoms with E-state index >= 15 is 0 Å². The van der Waals surface area contributed by atoms with Gasteiger partial charge in [0.2, 0.25) is 0 Å². The van der Waals surface area contributed by atoms with E-state index in [-0.39, 0.29) is 87.4 Å². The number of hydrogen-bond acceptors (Lipinski definition) is 2. The molecule has 16 N–H and O–H groups in total. The molecule has 0 fully saturated rings. The smallest absolute Gasteiger partial charge is 0 e. The van der Waals surface area contributed by atoms with Crippen molar-refractivity contribution < 1.29 is 75.3 Å². The largest absolute Gasteiger partial charge is 0 e. The quantitative estimate of drug-likeness (QED) is 0.325. The van der Waals surface area contributed by atoms with Gasteiger partial charge in [-0.3, -0.25) is 9.11 Å². The molecule has 0 saturated carbocycles. The van der Waals surface area contributed by atoms with Gasteiger partial charge in [0, 0.05) is 19.5 Å². The van der Waals surface area contributed by atoms with Crippen LogP contribution in [0.25, 0.3) is 0 Å². The van der Waals surface area contributed by atoms with Crippen LogP contribution < -0.4 is 0 Å². The molecular formula is H17NaO11SZn. The van der Waals surface area contributed by atoms with Crippen molar-refractivity contribution in [2.24, 2.45) is 0 Å². The maximum atomic E-state index is 8.74. The third-order valence-corrected chi connectivity index (χ3v) is 0. The fourth-order valence-corrected chi connectivity index (χ4v) is 0. The van der Waals surface area contributed by atoms with Crippen LogP contribution in [0.5, 0.6) is 0 Å². The van der Waals surface area contributed by atoms with E-state index in [2.05, 4.69) is 0 Å². The van der Waals surface area contributed by atoms with Gasteiger partial charge in [0.25, 0.3) is 0 Å². The van der Waals surface area contributed by atoms with E-state index in [0.717, 1.165) is 0 Å². The summed E-state index contributed by atoms with van der Waals surface area (Å²) < 4.78 is 31.6. The molecular weight excluding hydrogens is 296 g/mol. The van der Waals surface area contributed by atoms with Gasteiger partial charge < -0.3 is 38.3 Å². The van der Waals surface area contributed by atoms with Gasteiger partial charge in [-0.1, -0.05) is 0 Å². The summed E-state index contributed by atoms with van der Waals surface area (Å²) in [5, 5.41) is 0. The van der Waals surface area contributed by atoms with Gasteiger partial charge in [-0.05, 0) is 0 Å². The first kappa shape index (κ1) is 113. The Labute approximate surface area is 115 Å². The summed E-state index contributed by atoms with van der Waals surface area (Å²) in [5.41, 5.74) is 0. The van der Waals surface area contributed by atoms with Crippen LogP contribution in [0.3, 0.4) is 0 Å². The third kappa shape index (κ3) is 1340. The molecule has 0 saturated heterocycles. The van der Waals surface area contributed by atoms with Crippen LogP contribution in [0.1, 0.15) is 0 Å². The molecule has 0 atom stereocenters. The summed E-state index contributed by atoms with van der Waals surface area (Å²) in [4.78, 5) is 0. The molecule has 11 nitrogen and oxygen atoms in total. The van der Waals surface area contributed by atoms with Crippen LogP contribution in [0.15, 0.2) is 0 Å². The molecule has 0 aromatic rings. The van der Waals surface area contributed by atoms with Crippen molar-refractivity contribution in [3.05, 3.63) is 0 Å². The van der Waals surface area contributed by atoms with Crippen LogP contribution in [0.4, 0.5) is 0 Å². The topological polar surface area (TPSA) is 295 Å². The Morgan fingerprint density at radius 2 is 0.643 bits per heavy atom. The van der Waals surface area contributed by atoms with Crippen molar-refractivity contribution in [1.82, 2.24) is 0 Å². The zero-order valence-electron chi connectivity index (χ0n) is 6.33. The second-order valence-electron chi connectivity index (χ2n) is 0.448. The normalized spacial score (nSPS) is 4.14. The SMILES string of the molecule is O.O.O.O.O.O.O.O=S(=O)(O)O.[NaH].[Zn]. The summed E-state index contributed by atoms with van der Waals surface area (Å²) in [7, 11) is -4.67. The van der Waals surface area contributed by atoms with E-state index in [1.54, 1.807) is 0 Å². The van der Waals surface area contributed by atoms with Crippen LogP contribution in [-0.4, -0.2) is 85.4 Å². The Kier molecular flexibility index (Phi) is 385. The van der Waals surface area contributed by atoms with Crippen molar-refractivity contribution in [2.75, 3.05) is 0 Å². The fourth-order valence-electron chi connectivity index (χ4n) is 0. The minimum atomic E-state index is -4.67. The molecule has 0 aromatic heterocycles. The standard InChI is InChI=1S/Na.H2O4S.7H2O.Zn.H/c;1-5(2,3)4;;;;;;;;;/h;(H2,1,2,3,4);7*1H2;;. The first-order valence-electron chi connectivity index (χ1n) is 0.698. The molecule has 14 heteroatoms. The second kappa shape index (κ2) is 47.7. The molecule has 0 aromatic carbocycles. The monoisotopic (exact) mass is 312 g/mol. The first-order chi connectivity index (χ1) is 2.00. The van der Waals surface area contributed by atoms with Crippen LogP contribution in [-0.2, 0) is 29.9 Å². The zero-order valence-corrected chi connectivity index (χ0v) is 10.1. The molecule has 0 aliphatic rings. The van der Waals surface area contributed by atoms with Gasteiger partial charge >= 0.3 is 40.0 Å². The average Bonchev–Trinajstić information content (AvgIpc) is 0.722. The average molecular weight is 314 g/mol. The first-order valence-corrected chi connectivity index (χ1v) is 2.10. The van der Waals surface area contributed by atoms with E-state index < -0.39 is 10.4 Å². The Morgan fingerprint density at radius 1 is 0.643 bits per heavy atom. The third-order valence-electron chi connectivity index (χ3n) is 0. The van der Waals surface area contributed by atoms with Crippen molar-refractivity contribution in [2.45, 2.75) is 0 Å². The Balaban J connectivity index is -0.00000000222. The van der Waals surface area contributed by atoms with Gasteiger partial charge in [0.05, 0.1) is 0 Å². The molecule has 0 unspecified atom stereocenters. The molecule has 14 heavy (non-hydrogen) atoms. The maximum absolute atomic E-state index is 8.74. The molecule has 0 aliphatic heterocycles. The summed E-state index contributed by atoms with van der Waals surface area (Å²) in [6.07, 6.45) is 0. The molecule has 92 valence electrons. The molecule has 0 amide bonds. The van der Waals surface area contributed by atoms with Crippen LogP contribution in [0, 0.1) is 0 Å². The van der Waals surface area contributed by atoms with Gasteiger partial charge in [-0.25, -0.2) is 0 Å². The number of rotatable bonds is 0. The molecule has 0 aliphatic carbocycles. The van der Waals surface area contributed by atoms with Crippen molar-refractivity contribution in [3.8, 4) is 0 Å². The molecule has 0 radical (unpaired) electrons. The van der Waals surface area contributed by atoms with Crippen molar-refractivity contribution in [3.63, 3.8) is 0 Å². The second-order valence-corrected chi connectivity index (χ2v) is 1.34. The molecule has 0 spiro atoms. The van der Waals surface area contributed by atoms with E-state index in [9.17, 15) is 0 Å². The Morgan fingerprint density at radius 3 is 0.643 bits per heavy atom. The fraction of sp³-hybridized carbons (Fsp3) is 0. The van der Waals surface area contributed by atoms with E-state index in [1.807, 2.05) is 0 Å². The van der Waals surface area contributed by atoms with Gasteiger partial charge in [0.15, 0.2) is 0 Å². The van der Waals surface area contributed by atoms with Gasteiger partial charge in [-0.15, -0.1) is 0 Å². The van der Waals surface area contributed by atoms with E-state index in [0.29, 0.717) is 0 Å². The summed E-state index contributed by atoms with van der Waals surface area (Å²) >= 11 is 0. The van der Waals surface area contributed by atoms with Crippen LogP contribution >= 0.6 is 0 Å². The summed E-state index contributed by atoms with van der Waals surface area (Å²) in [6.45, 7) is 0. The van der Waals surface area contributed by atoms with E-state index in [4.69, 9.17) is 17.5 Å². The van der Waals surface area contributed by atoms with Crippen molar-refractivity contribution in [1.29, 1.82) is 0 Å². The predicted octanol–water partition coefficient (Wildman–Crippen LogP) is -7.08. The molecule has 0 heterocycles. The van der Waals surface area contributed by atoms with Gasteiger partial charge in [0.1, 0.15) is 0 Å². The predicted molar refractivity (Wildman–Crippen MR) is 46.6 cm³/mol. The van der Waals surface area contributed by atoms with E-state index in [1.165, 1.54) is 0 Å². The van der Waals surface area contributed by atoms with Gasteiger partial charge in [-0.2, -0.15) is 8.42 Å². The summed E-state index contributed by atoms with van der Waals surface area (Å²) in [5.74, 6) is 0.